The van der Waals surface area contributed by atoms with Gasteiger partial charge in [-0.3, -0.25) is 9.79 Å². The summed E-state index contributed by atoms with van der Waals surface area (Å²) in [5.41, 5.74) is 0.982. The van der Waals surface area contributed by atoms with Crippen molar-refractivity contribution in [2.45, 2.75) is 6.92 Å². The van der Waals surface area contributed by atoms with Crippen molar-refractivity contribution in [3.8, 4) is 5.75 Å². The number of hydrogen-bond acceptors (Lipinski definition) is 4. The third-order valence-electron chi connectivity index (χ3n) is 2.84. The second-order valence-electron chi connectivity index (χ2n) is 4.26. The van der Waals surface area contributed by atoms with E-state index in [1.54, 1.807) is 48.3 Å². The maximum Gasteiger partial charge on any atom is 0.187 e. The fraction of sp³-hybridized carbons (Fsp3) is 0.214. The first-order chi connectivity index (χ1) is 9.09. The van der Waals surface area contributed by atoms with Crippen LogP contribution in [0.25, 0.3) is 0 Å². The summed E-state index contributed by atoms with van der Waals surface area (Å²) in [6.07, 6.45) is 5.01. The molecule has 98 valence electrons. The number of aromatic nitrogens is 2. The molecule has 0 aliphatic heterocycles. The highest BCUT2D eigenvalue weighted by molar-refractivity contribution is 6.01. The highest BCUT2D eigenvalue weighted by Gasteiger charge is 2.11. The van der Waals surface area contributed by atoms with Crippen molar-refractivity contribution in [3.63, 3.8) is 0 Å². The van der Waals surface area contributed by atoms with E-state index < -0.39 is 0 Å². The number of phenolic OH excluding ortho intramolecular Hbond substituents is 1. The number of ketones is 1. The number of phenols is 1. The van der Waals surface area contributed by atoms with Gasteiger partial charge >= 0.3 is 0 Å². The average Bonchev–Trinajstić information content (AvgIpc) is 2.78. The Labute approximate surface area is 111 Å². The van der Waals surface area contributed by atoms with Crippen molar-refractivity contribution >= 4 is 12.0 Å². The van der Waals surface area contributed by atoms with Crippen LogP contribution >= 0.6 is 0 Å². The molecule has 0 spiro atoms. The third kappa shape index (κ3) is 2.88. The molecule has 0 unspecified atom stereocenters. The SMILES string of the molecule is Cc1cccc(C(=O)CN=Cc2nccn2C)c1O. The fourth-order valence-corrected chi connectivity index (χ4v) is 1.68. The second kappa shape index (κ2) is 5.48. The molecular formula is C14H15N3O2. The molecule has 0 saturated carbocycles. The topological polar surface area (TPSA) is 67.5 Å². The van der Waals surface area contributed by atoms with Crippen LogP contribution < -0.4 is 0 Å². The number of imidazole rings is 1. The summed E-state index contributed by atoms with van der Waals surface area (Å²) in [4.78, 5) is 20.1. The maximum absolute atomic E-state index is 11.9. The number of aliphatic imine (C=N–C) groups is 1. The van der Waals surface area contributed by atoms with E-state index in [9.17, 15) is 9.90 Å². The summed E-state index contributed by atoms with van der Waals surface area (Å²) in [6.45, 7) is 1.74. The summed E-state index contributed by atoms with van der Waals surface area (Å²) in [5.74, 6) is 0.493. The Balaban J connectivity index is 2.08. The molecule has 19 heavy (non-hydrogen) atoms. The summed E-state index contributed by atoms with van der Waals surface area (Å²) in [6, 6.07) is 5.09. The minimum absolute atomic E-state index is 0.0100. The molecule has 0 saturated heterocycles. The van der Waals surface area contributed by atoms with Crippen molar-refractivity contribution in [2.75, 3.05) is 6.54 Å². The van der Waals surface area contributed by atoms with Gasteiger partial charge in [0.25, 0.3) is 0 Å². The number of aromatic hydroxyl groups is 1. The van der Waals surface area contributed by atoms with Gasteiger partial charge in [-0.05, 0) is 18.6 Å². The highest BCUT2D eigenvalue weighted by atomic mass is 16.3. The number of carbonyl (C=O) groups excluding carboxylic acids is 1. The van der Waals surface area contributed by atoms with Crippen molar-refractivity contribution in [1.29, 1.82) is 0 Å². The lowest BCUT2D eigenvalue weighted by Crippen LogP contribution is -2.05. The Morgan fingerprint density at radius 2 is 2.32 bits per heavy atom. The number of para-hydroxylation sites is 1. The normalized spacial score (nSPS) is 11.1. The summed E-state index contributed by atoms with van der Waals surface area (Å²) in [7, 11) is 1.85. The van der Waals surface area contributed by atoms with E-state index in [0.717, 1.165) is 0 Å². The van der Waals surface area contributed by atoms with Gasteiger partial charge in [0.2, 0.25) is 0 Å². The van der Waals surface area contributed by atoms with Crippen LogP contribution in [0.5, 0.6) is 5.75 Å². The number of nitrogens with zero attached hydrogens (tertiary/aromatic N) is 3. The molecule has 5 nitrogen and oxygen atoms in total. The molecule has 0 fully saturated rings. The second-order valence-corrected chi connectivity index (χ2v) is 4.26. The van der Waals surface area contributed by atoms with E-state index in [-0.39, 0.29) is 18.1 Å². The van der Waals surface area contributed by atoms with E-state index in [1.807, 2.05) is 7.05 Å². The molecule has 0 radical (unpaired) electrons. The van der Waals surface area contributed by atoms with Gasteiger partial charge < -0.3 is 9.67 Å². The molecule has 1 N–H and O–H groups in total. The van der Waals surface area contributed by atoms with Gasteiger partial charge in [0, 0.05) is 19.4 Å². The van der Waals surface area contributed by atoms with Gasteiger partial charge in [-0.1, -0.05) is 12.1 Å². The Morgan fingerprint density at radius 1 is 1.53 bits per heavy atom. The molecule has 0 atom stereocenters. The minimum Gasteiger partial charge on any atom is -0.507 e. The Bertz CT molecular complexity index is 629. The zero-order valence-corrected chi connectivity index (χ0v) is 10.9. The lowest BCUT2D eigenvalue weighted by molar-refractivity contribution is 0.0999. The van der Waals surface area contributed by atoms with Gasteiger partial charge in [0.15, 0.2) is 5.78 Å². The van der Waals surface area contributed by atoms with Crippen LogP contribution in [-0.2, 0) is 7.05 Å². The molecule has 0 amide bonds. The Hall–Kier alpha value is -2.43. The van der Waals surface area contributed by atoms with Gasteiger partial charge in [-0.15, -0.1) is 0 Å². The number of carbonyl (C=O) groups is 1. The smallest absolute Gasteiger partial charge is 0.187 e. The molecule has 0 aliphatic rings. The molecule has 1 aromatic heterocycles. The van der Waals surface area contributed by atoms with E-state index >= 15 is 0 Å². The van der Waals surface area contributed by atoms with E-state index in [1.165, 1.54) is 0 Å². The number of Topliss-reactive ketones (excluding diaryl/α,β-unsaturated/α-hetero) is 1. The van der Waals surface area contributed by atoms with E-state index in [4.69, 9.17) is 0 Å². The lowest BCUT2D eigenvalue weighted by atomic mass is 10.1. The quantitative estimate of drug-likeness (QED) is 0.670. The zero-order chi connectivity index (χ0) is 13.8. The first-order valence-electron chi connectivity index (χ1n) is 5.88. The lowest BCUT2D eigenvalue weighted by Gasteiger charge is -2.04. The van der Waals surface area contributed by atoms with Crippen molar-refractivity contribution < 1.29 is 9.90 Å². The third-order valence-corrected chi connectivity index (χ3v) is 2.84. The van der Waals surface area contributed by atoms with Crippen molar-refractivity contribution in [1.82, 2.24) is 9.55 Å². The predicted octanol–water partition coefficient (Wildman–Crippen LogP) is 1.74. The molecule has 2 aromatic rings. The number of rotatable bonds is 4. The van der Waals surface area contributed by atoms with Crippen LogP contribution in [0.3, 0.4) is 0 Å². The van der Waals surface area contributed by atoms with Crippen molar-refractivity contribution in [2.24, 2.45) is 12.0 Å². The van der Waals surface area contributed by atoms with Crippen molar-refractivity contribution in [3.05, 3.63) is 47.5 Å². The Morgan fingerprint density at radius 3 is 3.00 bits per heavy atom. The van der Waals surface area contributed by atoms with Crippen LogP contribution in [0.1, 0.15) is 21.7 Å². The summed E-state index contributed by atoms with van der Waals surface area (Å²) in [5, 5.41) is 9.81. The van der Waals surface area contributed by atoms with E-state index in [2.05, 4.69) is 9.98 Å². The largest absolute Gasteiger partial charge is 0.507 e. The van der Waals surface area contributed by atoms with Crippen LogP contribution in [-0.4, -0.2) is 33.2 Å². The van der Waals surface area contributed by atoms with Crippen LogP contribution in [0.4, 0.5) is 0 Å². The predicted molar refractivity (Wildman–Crippen MR) is 72.8 cm³/mol. The number of hydrogen-bond donors (Lipinski definition) is 1. The van der Waals surface area contributed by atoms with Gasteiger partial charge in [-0.2, -0.15) is 0 Å². The minimum atomic E-state index is -0.216. The van der Waals surface area contributed by atoms with Gasteiger partial charge in [-0.25, -0.2) is 4.98 Å². The molecular weight excluding hydrogens is 242 g/mol. The Kier molecular flexibility index (Phi) is 3.75. The van der Waals surface area contributed by atoms with Gasteiger partial charge in [0.05, 0.1) is 11.8 Å². The first kappa shape index (κ1) is 13.0. The maximum atomic E-state index is 11.9. The van der Waals surface area contributed by atoms with Gasteiger partial charge in [0.1, 0.15) is 18.1 Å². The highest BCUT2D eigenvalue weighted by Crippen LogP contribution is 2.21. The molecule has 1 heterocycles. The van der Waals surface area contributed by atoms with Crippen LogP contribution in [0.2, 0.25) is 0 Å². The number of benzene rings is 1. The molecule has 0 bridgehead atoms. The van der Waals surface area contributed by atoms with Crippen LogP contribution in [0, 0.1) is 6.92 Å². The summed E-state index contributed by atoms with van der Waals surface area (Å²) < 4.78 is 1.80. The average molecular weight is 257 g/mol. The summed E-state index contributed by atoms with van der Waals surface area (Å²) >= 11 is 0. The van der Waals surface area contributed by atoms with Crippen LogP contribution in [0.15, 0.2) is 35.6 Å². The first-order valence-corrected chi connectivity index (χ1v) is 5.88. The monoisotopic (exact) mass is 257 g/mol. The molecule has 1 aromatic carbocycles. The standard InChI is InChI=1S/C14H15N3O2/c1-10-4-3-5-11(14(10)19)12(18)8-15-9-13-16-6-7-17(13)2/h3-7,9,19H,8H2,1-2H3. The fourth-order valence-electron chi connectivity index (χ4n) is 1.68. The number of aryl methyl sites for hydroxylation is 2. The van der Waals surface area contributed by atoms with E-state index in [0.29, 0.717) is 17.0 Å². The molecule has 0 aliphatic carbocycles. The molecule has 2 rings (SSSR count). The zero-order valence-electron chi connectivity index (χ0n) is 10.9. The molecule has 5 heteroatoms.